The molecule has 41 heavy (non-hydrogen) atoms. The molecule has 3 atom stereocenters. The van der Waals surface area contributed by atoms with Gasteiger partial charge in [-0.25, -0.2) is 4.79 Å². The first-order chi connectivity index (χ1) is 19.7. The molecule has 5 N–H and O–H groups in total. The Kier molecular flexibility index (Phi) is 10.5. The summed E-state index contributed by atoms with van der Waals surface area (Å²) >= 11 is 6.21. The maximum absolute atomic E-state index is 12.7. The number of aliphatic hydroxyl groups excluding tert-OH is 2. The Morgan fingerprint density at radius 1 is 1.12 bits per heavy atom. The lowest BCUT2D eigenvalue weighted by Crippen LogP contribution is -2.43. The monoisotopic (exact) mass is 578 g/mol. The highest BCUT2D eigenvalue weighted by molar-refractivity contribution is 6.31. The van der Waals surface area contributed by atoms with Crippen molar-refractivity contribution in [3.05, 3.63) is 106 Å². The lowest BCUT2D eigenvalue weighted by Gasteiger charge is -2.34. The van der Waals surface area contributed by atoms with Gasteiger partial charge in [0, 0.05) is 31.0 Å². The first kappa shape index (κ1) is 30.3. The molecule has 3 aromatic carbocycles. The number of nitrogens with two attached hydrogens (primary N) is 1. The van der Waals surface area contributed by atoms with Crippen molar-refractivity contribution >= 4 is 23.5 Å². The lowest BCUT2D eigenvalue weighted by molar-refractivity contribution is -0.135. The molecular formula is C32H35ClN2O6. The smallest absolute Gasteiger partial charge is 0.343 e. The van der Waals surface area contributed by atoms with Crippen LogP contribution in [0.15, 0.2) is 78.9 Å². The van der Waals surface area contributed by atoms with Gasteiger partial charge < -0.3 is 30.7 Å². The Morgan fingerprint density at radius 2 is 1.88 bits per heavy atom. The summed E-state index contributed by atoms with van der Waals surface area (Å²) in [6.45, 7) is 0.509. The molecule has 0 aliphatic carbocycles. The zero-order chi connectivity index (χ0) is 29.4. The largest absolute Gasteiger partial charge is 0.504 e. The van der Waals surface area contributed by atoms with Crippen LogP contribution >= 0.6 is 11.6 Å². The number of rotatable bonds is 11. The molecule has 1 saturated heterocycles. The van der Waals surface area contributed by atoms with Crippen LogP contribution in [0.2, 0.25) is 5.02 Å². The molecule has 0 bridgehead atoms. The first-order valence-corrected chi connectivity index (χ1v) is 14.0. The number of nitrogens with zero attached hydrogens (tertiary/aromatic N) is 1. The number of piperidine rings is 1. The summed E-state index contributed by atoms with van der Waals surface area (Å²) < 4.78 is 5.32. The van der Waals surface area contributed by atoms with Gasteiger partial charge in [0.25, 0.3) is 0 Å². The topological polar surface area (TPSA) is 133 Å². The van der Waals surface area contributed by atoms with Crippen molar-refractivity contribution in [2.24, 2.45) is 5.73 Å². The van der Waals surface area contributed by atoms with Crippen molar-refractivity contribution in [3.8, 4) is 11.5 Å². The number of hydrogen-bond donors (Lipinski definition) is 4. The Bertz CT molecular complexity index is 1380. The number of benzene rings is 3. The van der Waals surface area contributed by atoms with Crippen LogP contribution in [-0.2, 0) is 17.6 Å². The molecule has 1 aliphatic heterocycles. The number of amides is 1. The summed E-state index contributed by atoms with van der Waals surface area (Å²) in [5, 5.41) is 31.1. The van der Waals surface area contributed by atoms with Gasteiger partial charge in [-0.2, -0.15) is 0 Å². The number of carbonyl (C=O) groups excluding carboxylic acids is 2. The highest BCUT2D eigenvalue weighted by atomic mass is 35.5. The van der Waals surface area contributed by atoms with Gasteiger partial charge in [0.2, 0.25) is 5.91 Å². The average molecular weight is 579 g/mol. The van der Waals surface area contributed by atoms with E-state index in [9.17, 15) is 24.9 Å². The molecule has 216 valence electrons. The molecule has 0 spiro atoms. The maximum atomic E-state index is 12.7. The molecule has 2 unspecified atom stereocenters. The molecular weight excluding hydrogens is 544 g/mol. The van der Waals surface area contributed by atoms with Crippen LogP contribution in [0.3, 0.4) is 0 Å². The van der Waals surface area contributed by atoms with Gasteiger partial charge in [-0.3, -0.25) is 4.79 Å². The molecule has 3 aromatic rings. The number of phenols is 1. The zero-order valence-electron chi connectivity index (χ0n) is 22.7. The predicted octanol–water partition coefficient (Wildman–Crippen LogP) is 4.34. The van der Waals surface area contributed by atoms with E-state index in [2.05, 4.69) is 0 Å². The fourth-order valence-electron chi connectivity index (χ4n) is 4.83. The molecule has 0 radical (unpaired) electrons. The second kappa shape index (κ2) is 14.3. The third-order valence-electron chi connectivity index (χ3n) is 7.18. The van der Waals surface area contributed by atoms with Gasteiger partial charge >= 0.3 is 5.97 Å². The zero-order valence-corrected chi connectivity index (χ0v) is 23.4. The van der Waals surface area contributed by atoms with Crippen LogP contribution in [-0.4, -0.2) is 57.3 Å². The summed E-state index contributed by atoms with van der Waals surface area (Å²) in [7, 11) is 0. The molecule has 1 aliphatic rings. The van der Waals surface area contributed by atoms with Gasteiger partial charge in [0.15, 0.2) is 11.5 Å². The number of aromatic hydroxyl groups is 1. The van der Waals surface area contributed by atoms with E-state index in [0.29, 0.717) is 42.0 Å². The van der Waals surface area contributed by atoms with E-state index in [1.54, 1.807) is 24.3 Å². The van der Waals surface area contributed by atoms with Crippen LogP contribution in [0.5, 0.6) is 11.5 Å². The molecule has 8 nitrogen and oxygen atoms in total. The van der Waals surface area contributed by atoms with Gasteiger partial charge in [0.1, 0.15) is 0 Å². The Hall–Kier alpha value is -3.69. The summed E-state index contributed by atoms with van der Waals surface area (Å²) in [5.41, 5.74) is 7.99. The van der Waals surface area contributed by atoms with Gasteiger partial charge in [0.05, 0.1) is 23.8 Å². The quantitative estimate of drug-likeness (QED) is 0.151. The number of halogens is 1. The minimum absolute atomic E-state index is 0.00179. The van der Waals surface area contributed by atoms with Gasteiger partial charge in [-0.05, 0) is 66.3 Å². The van der Waals surface area contributed by atoms with Crippen LogP contribution in [0.25, 0.3) is 0 Å². The standard InChI is InChI=1S/C32H35ClN2O6/c33-27-6-2-1-4-23(27)18-26(36)14-13-25-5-3-7-31(39)35(25)17-16-21-8-10-22(11-9-21)32(40)41-30-15-12-24(19-28(30)37)29(38)20-34/h1-2,4,6,8-15,19,25-26,29,36-38H,3,5,7,16-18,20,34H2/b14-13+/t25-,26?,29?/m1/s1. The van der Waals surface area contributed by atoms with E-state index in [1.807, 2.05) is 41.3 Å². The van der Waals surface area contributed by atoms with E-state index in [0.717, 1.165) is 24.0 Å². The number of phenolic OH excluding ortho intramolecular Hbond substituents is 1. The van der Waals surface area contributed by atoms with Crippen molar-refractivity contribution in [3.63, 3.8) is 0 Å². The number of esters is 1. The minimum atomic E-state index is -0.921. The van der Waals surface area contributed by atoms with Crippen molar-refractivity contribution in [1.82, 2.24) is 4.90 Å². The highest BCUT2D eigenvalue weighted by Crippen LogP contribution is 2.30. The van der Waals surface area contributed by atoms with Crippen molar-refractivity contribution in [2.75, 3.05) is 13.1 Å². The molecule has 1 fully saturated rings. The summed E-state index contributed by atoms with van der Waals surface area (Å²) in [6.07, 6.45) is 5.14. The average Bonchev–Trinajstić information content (AvgIpc) is 2.97. The molecule has 1 heterocycles. The van der Waals surface area contributed by atoms with E-state index in [4.69, 9.17) is 22.1 Å². The summed E-state index contributed by atoms with van der Waals surface area (Å²) in [5.74, 6) is -0.847. The number of hydrogen-bond acceptors (Lipinski definition) is 7. The third-order valence-corrected chi connectivity index (χ3v) is 7.55. The second-order valence-electron chi connectivity index (χ2n) is 10.1. The molecule has 1 amide bonds. The molecule has 0 aromatic heterocycles. The van der Waals surface area contributed by atoms with Crippen LogP contribution < -0.4 is 10.5 Å². The Morgan fingerprint density at radius 3 is 2.59 bits per heavy atom. The summed E-state index contributed by atoms with van der Waals surface area (Å²) in [4.78, 5) is 27.2. The first-order valence-electron chi connectivity index (χ1n) is 13.7. The SMILES string of the molecule is NCC(O)c1ccc(OC(=O)c2ccc(CCN3C(=O)CCC[C@@H]3/C=C/C(O)Cc3ccccc3Cl)cc2)c(O)c1. The molecule has 0 saturated carbocycles. The lowest BCUT2D eigenvalue weighted by atomic mass is 9.98. The fourth-order valence-corrected chi connectivity index (χ4v) is 5.04. The predicted molar refractivity (Wildman–Crippen MR) is 157 cm³/mol. The van der Waals surface area contributed by atoms with Crippen LogP contribution in [0.1, 0.15) is 52.4 Å². The van der Waals surface area contributed by atoms with Gasteiger partial charge in [-0.1, -0.05) is 60.2 Å². The van der Waals surface area contributed by atoms with Crippen LogP contribution in [0, 0.1) is 0 Å². The van der Waals surface area contributed by atoms with Crippen LogP contribution in [0.4, 0.5) is 0 Å². The fraction of sp³-hybridized carbons (Fsp3) is 0.312. The Labute approximate surface area is 244 Å². The number of likely N-dealkylation sites (tertiary alicyclic amines) is 1. The molecule has 4 rings (SSSR count). The van der Waals surface area contributed by atoms with E-state index >= 15 is 0 Å². The number of aliphatic hydroxyl groups is 2. The highest BCUT2D eigenvalue weighted by Gasteiger charge is 2.26. The van der Waals surface area contributed by atoms with Crippen molar-refractivity contribution in [2.45, 2.75) is 50.4 Å². The normalized spacial score (nSPS) is 17.0. The third kappa shape index (κ3) is 8.17. The molecule has 9 heteroatoms. The number of ether oxygens (including phenoxy) is 1. The minimum Gasteiger partial charge on any atom is -0.504 e. The van der Waals surface area contributed by atoms with E-state index in [1.165, 1.54) is 18.2 Å². The summed E-state index contributed by atoms with van der Waals surface area (Å²) in [6, 6.07) is 18.5. The van der Waals surface area contributed by atoms with Gasteiger partial charge in [-0.15, -0.1) is 0 Å². The maximum Gasteiger partial charge on any atom is 0.343 e. The number of carbonyl (C=O) groups is 2. The van der Waals surface area contributed by atoms with Crippen molar-refractivity contribution in [1.29, 1.82) is 0 Å². The van der Waals surface area contributed by atoms with Crippen molar-refractivity contribution < 1.29 is 29.6 Å². The Balaban J connectivity index is 1.33. The van der Waals surface area contributed by atoms with E-state index < -0.39 is 18.2 Å². The second-order valence-corrected chi connectivity index (χ2v) is 10.5. The van der Waals surface area contributed by atoms with E-state index in [-0.39, 0.29) is 30.0 Å².